The van der Waals surface area contributed by atoms with Gasteiger partial charge in [0.2, 0.25) is 15.9 Å². The molecule has 3 N–H and O–H groups in total. The number of rotatable bonds is 5. The maximum Gasteiger partial charge on any atom is 0.238 e. The largest absolute Gasteiger partial charge is 0.352 e. The van der Waals surface area contributed by atoms with Crippen LogP contribution in [0.4, 0.5) is 0 Å². The molecular weight excluding hydrogens is 324 g/mol. The molecule has 0 saturated heterocycles. The number of carbonyl (C=O) groups excluding carboxylic acids is 1. The number of hydrogen-bond donors (Lipinski definition) is 2. The highest BCUT2D eigenvalue weighted by Crippen LogP contribution is 2.35. The molecule has 0 aromatic heterocycles. The molecule has 1 atom stereocenters. The first-order valence-electron chi connectivity index (χ1n) is 7.90. The van der Waals surface area contributed by atoms with E-state index in [0.29, 0.717) is 12.0 Å². The van der Waals surface area contributed by atoms with Gasteiger partial charge in [-0.25, -0.2) is 13.6 Å². The summed E-state index contributed by atoms with van der Waals surface area (Å²) in [5, 5.41) is 7.98. The van der Waals surface area contributed by atoms with Gasteiger partial charge in [-0.3, -0.25) is 4.79 Å². The molecular formula is C18H20N2O3S. The van der Waals surface area contributed by atoms with E-state index in [1.807, 2.05) is 12.1 Å². The molecule has 0 aliphatic heterocycles. The van der Waals surface area contributed by atoms with E-state index in [0.717, 1.165) is 12.8 Å². The molecule has 0 bridgehead atoms. The number of hydrogen-bond acceptors (Lipinski definition) is 3. The Bertz CT molecular complexity index is 862. The number of nitrogens with two attached hydrogens (primary N) is 1. The van der Waals surface area contributed by atoms with Crippen molar-refractivity contribution in [2.24, 2.45) is 5.14 Å². The van der Waals surface area contributed by atoms with Crippen LogP contribution in [0.2, 0.25) is 0 Å². The number of nitrogens with one attached hydrogen (secondary N) is 1. The van der Waals surface area contributed by atoms with E-state index in [-0.39, 0.29) is 23.3 Å². The third kappa shape index (κ3) is 3.83. The SMILES string of the molecule is NS(=O)(=O)c1cccc(CNC(=O)CC2CCc3ccccc32)c1. The Morgan fingerprint density at radius 1 is 1.17 bits per heavy atom. The fourth-order valence-electron chi connectivity index (χ4n) is 3.19. The summed E-state index contributed by atoms with van der Waals surface area (Å²) in [7, 11) is -3.73. The molecule has 2 aromatic rings. The Hall–Kier alpha value is -2.18. The van der Waals surface area contributed by atoms with Gasteiger partial charge in [-0.1, -0.05) is 36.4 Å². The van der Waals surface area contributed by atoms with Crippen LogP contribution < -0.4 is 10.5 Å². The van der Waals surface area contributed by atoms with Crippen LogP contribution in [0.15, 0.2) is 53.4 Å². The highest BCUT2D eigenvalue weighted by molar-refractivity contribution is 7.89. The van der Waals surface area contributed by atoms with Crippen LogP contribution in [0.25, 0.3) is 0 Å². The summed E-state index contributed by atoms with van der Waals surface area (Å²) in [6, 6.07) is 14.6. The normalized spacial score (nSPS) is 16.6. The van der Waals surface area contributed by atoms with Crippen molar-refractivity contribution in [3.63, 3.8) is 0 Å². The van der Waals surface area contributed by atoms with Gasteiger partial charge in [0.15, 0.2) is 0 Å². The Kier molecular flexibility index (Phi) is 4.69. The summed E-state index contributed by atoms with van der Waals surface area (Å²) in [5.41, 5.74) is 3.31. The predicted molar refractivity (Wildman–Crippen MR) is 91.8 cm³/mol. The monoisotopic (exact) mass is 344 g/mol. The first-order valence-corrected chi connectivity index (χ1v) is 9.44. The van der Waals surface area contributed by atoms with Crippen molar-refractivity contribution >= 4 is 15.9 Å². The second-order valence-electron chi connectivity index (χ2n) is 6.11. The molecule has 1 amide bonds. The van der Waals surface area contributed by atoms with Crippen molar-refractivity contribution in [2.75, 3.05) is 0 Å². The molecule has 3 rings (SSSR count). The maximum atomic E-state index is 12.2. The zero-order valence-corrected chi connectivity index (χ0v) is 14.1. The lowest BCUT2D eigenvalue weighted by atomic mass is 9.97. The van der Waals surface area contributed by atoms with Gasteiger partial charge >= 0.3 is 0 Å². The molecule has 2 aromatic carbocycles. The molecule has 0 heterocycles. The number of benzene rings is 2. The Labute approximate surface area is 141 Å². The van der Waals surface area contributed by atoms with Gasteiger partial charge in [-0.05, 0) is 47.6 Å². The lowest BCUT2D eigenvalue weighted by molar-refractivity contribution is -0.121. The van der Waals surface area contributed by atoms with Crippen LogP contribution in [0.3, 0.4) is 0 Å². The van der Waals surface area contributed by atoms with Crippen LogP contribution in [-0.4, -0.2) is 14.3 Å². The highest BCUT2D eigenvalue weighted by Gasteiger charge is 2.24. The van der Waals surface area contributed by atoms with Crippen molar-refractivity contribution in [3.05, 3.63) is 65.2 Å². The van der Waals surface area contributed by atoms with E-state index in [1.165, 1.54) is 23.3 Å². The van der Waals surface area contributed by atoms with E-state index < -0.39 is 10.0 Å². The summed E-state index contributed by atoms with van der Waals surface area (Å²) < 4.78 is 22.7. The number of fused-ring (bicyclic) bond motifs is 1. The first-order chi connectivity index (χ1) is 11.4. The highest BCUT2D eigenvalue weighted by atomic mass is 32.2. The number of primary sulfonamides is 1. The Morgan fingerprint density at radius 2 is 1.96 bits per heavy atom. The molecule has 1 unspecified atom stereocenters. The number of carbonyl (C=O) groups is 1. The van der Waals surface area contributed by atoms with E-state index in [1.54, 1.807) is 12.1 Å². The summed E-state index contributed by atoms with van der Waals surface area (Å²) >= 11 is 0. The average Bonchev–Trinajstić information content (AvgIpc) is 2.96. The molecule has 0 spiro atoms. The lowest BCUT2D eigenvalue weighted by Gasteiger charge is -2.12. The molecule has 0 radical (unpaired) electrons. The second-order valence-corrected chi connectivity index (χ2v) is 7.67. The van der Waals surface area contributed by atoms with Crippen molar-refractivity contribution in [2.45, 2.75) is 36.6 Å². The third-order valence-corrected chi connectivity index (χ3v) is 5.32. The van der Waals surface area contributed by atoms with Crippen molar-refractivity contribution in [1.29, 1.82) is 0 Å². The third-order valence-electron chi connectivity index (χ3n) is 4.41. The van der Waals surface area contributed by atoms with E-state index in [2.05, 4.69) is 17.4 Å². The van der Waals surface area contributed by atoms with Crippen molar-refractivity contribution < 1.29 is 13.2 Å². The van der Waals surface area contributed by atoms with Crippen molar-refractivity contribution in [3.8, 4) is 0 Å². The molecule has 0 saturated carbocycles. The van der Waals surface area contributed by atoms with E-state index in [9.17, 15) is 13.2 Å². The number of aryl methyl sites for hydroxylation is 1. The summed E-state index contributed by atoms with van der Waals surface area (Å²) in [6.07, 6.45) is 2.46. The molecule has 6 heteroatoms. The van der Waals surface area contributed by atoms with Crippen LogP contribution in [0, 0.1) is 0 Å². The van der Waals surface area contributed by atoms with Gasteiger partial charge in [0, 0.05) is 13.0 Å². The summed E-state index contributed by atoms with van der Waals surface area (Å²) in [5.74, 6) is 0.231. The first kappa shape index (κ1) is 16.7. The smallest absolute Gasteiger partial charge is 0.238 e. The van der Waals surface area contributed by atoms with Gasteiger partial charge in [0.05, 0.1) is 4.90 Å². The minimum atomic E-state index is -3.73. The van der Waals surface area contributed by atoms with Crippen LogP contribution in [-0.2, 0) is 27.8 Å². The number of amides is 1. The Balaban J connectivity index is 1.59. The Morgan fingerprint density at radius 3 is 2.75 bits per heavy atom. The zero-order chi connectivity index (χ0) is 17.2. The van der Waals surface area contributed by atoms with E-state index >= 15 is 0 Å². The van der Waals surface area contributed by atoms with Crippen LogP contribution in [0.1, 0.15) is 35.4 Å². The molecule has 126 valence electrons. The van der Waals surface area contributed by atoms with Crippen molar-refractivity contribution in [1.82, 2.24) is 5.32 Å². The standard InChI is InChI=1S/C18H20N2O3S/c19-24(22,23)16-6-3-4-13(10-16)12-20-18(21)11-15-9-8-14-5-1-2-7-17(14)15/h1-7,10,15H,8-9,11-12H2,(H,20,21)(H2,19,22,23). The predicted octanol–water partition coefficient (Wildman–Crippen LogP) is 2.07. The minimum absolute atomic E-state index is 0.0299. The summed E-state index contributed by atoms with van der Waals surface area (Å²) in [6.45, 7) is 0.288. The minimum Gasteiger partial charge on any atom is -0.352 e. The topological polar surface area (TPSA) is 89.3 Å². The van der Waals surface area contributed by atoms with Crippen LogP contribution in [0.5, 0.6) is 0 Å². The van der Waals surface area contributed by atoms with Crippen LogP contribution >= 0.6 is 0 Å². The second kappa shape index (κ2) is 6.75. The van der Waals surface area contributed by atoms with Gasteiger partial charge < -0.3 is 5.32 Å². The molecule has 1 aliphatic carbocycles. The molecule has 24 heavy (non-hydrogen) atoms. The average molecular weight is 344 g/mol. The van der Waals surface area contributed by atoms with E-state index in [4.69, 9.17) is 5.14 Å². The quantitative estimate of drug-likeness (QED) is 0.870. The fourth-order valence-corrected chi connectivity index (χ4v) is 3.77. The van der Waals surface area contributed by atoms with Gasteiger partial charge in [-0.15, -0.1) is 0 Å². The zero-order valence-electron chi connectivity index (χ0n) is 13.2. The summed E-state index contributed by atoms with van der Waals surface area (Å²) in [4.78, 5) is 12.3. The lowest BCUT2D eigenvalue weighted by Crippen LogP contribution is -2.24. The fraction of sp³-hybridized carbons (Fsp3) is 0.278. The number of sulfonamides is 1. The van der Waals surface area contributed by atoms with Gasteiger partial charge in [-0.2, -0.15) is 0 Å². The molecule has 5 nitrogen and oxygen atoms in total. The molecule has 1 aliphatic rings. The van der Waals surface area contributed by atoms with Gasteiger partial charge in [0.1, 0.15) is 0 Å². The molecule has 0 fully saturated rings. The van der Waals surface area contributed by atoms with Gasteiger partial charge in [0.25, 0.3) is 0 Å². The maximum absolute atomic E-state index is 12.2.